The molecule has 2 bridgehead atoms. The second-order valence-corrected chi connectivity index (χ2v) is 4.39. The van der Waals surface area contributed by atoms with Gasteiger partial charge in [-0.25, -0.2) is 0 Å². The van der Waals surface area contributed by atoms with Crippen LogP contribution in [-0.4, -0.2) is 35.6 Å². The smallest absolute Gasteiger partial charge is 0.0505 e. The molecule has 2 saturated heterocycles. The molecule has 0 aliphatic carbocycles. The molecule has 0 aromatic carbocycles. The number of piperidine rings is 2. The number of halogens is 1. The van der Waals surface area contributed by atoms with E-state index in [-0.39, 0.29) is 20.4 Å². The number of nitrogens with zero attached hydrogens (tertiary/aromatic N) is 2. The molecule has 2 nitrogen and oxygen atoms in total. The second kappa shape index (κ2) is 5.26. The van der Waals surface area contributed by atoms with Gasteiger partial charge in [0.2, 0.25) is 0 Å². The molecule has 2 unspecified atom stereocenters. The maximum absolute atomic E-state index is 4.50. The van der Waals surface area contributed by atoms with Gasteiger partial charge in [-0.2, -0.15) is 0 Å². The van der Waals surface area contributed by atoms with Crippen molar-refractivity contribution in [2.45, 2.75) is 6.42 Å². The van der Waals surface area contributed by atoms with Crippen LogP contribution in [0.3, 0.4) is 0 Å². The van der Waals surface area contributed by atoms with Crippen LogP contribution in [0.15, 0.2) is 0 Å². The first-order chi connectivity index (χ1) is 5.38. The van der Waals surface area contributed by atoms with Crippen molar-refractivity contribution in [1.29, 1.82) is 0 Å². The Labute approximate surface area is 102 Å². The van der Waals surface area contributed by atoms with Crippen LogP contribution in [0, 0.1) is 11.8 Å². The largest absolute Gasteiger partial charge is 0.662 e. The van der Waals surface area contributed by atoms with Crippen molar-refractivity contribution in [3.63, 3.8) is 0 Å². The van der Waals surface area contributed by atoms with E-state index < -0.39 is 0 Å². The number of likely N-dealkylation sites (tertiary alicyclic amines) is 1. The molecule has 1 radical (unpaired) electrons. The Bertz CT molecular complexity index is 133. The summed E-state index contributed by atoms with van der Waals surface area (Å²) in [5.41, 5.74) is 0. The Morgan fingerprint density at radius 2 is 1.83 bits per heavy atom. The van der Waals surface area contributed by atoms with Gasteiger partial charge in [0, 0.05) is 33.5 Å². The van der Waals surface area contributed by atoms with E-state index in [1.807, 2.05) is 0 Å². The third-order valence-corrected chi connectivity index (χ3v) is 3.61. The number of rotatable bonds is 1. The molecule has 0 aromatic heterocycles. The minimum atomic E-state index is 0. The second-order valence-electron chi connectivity index (χ2n) is 3.71. The van der Waals surface area contributed by atoms with Crippen molar-refractivity contribution in [2.75, 3.05) is 30.7 Å². The fourth-order valence-electron chi connectivity index (χ4n) is 2.23. The number of hydrogen-bond donors (Lipinski definition) is 0. The SMILES string of the molecule is ICN1CC2C[N-]CC(C2)C1.[Re]. The van der Waals surface area contributed by atoms with Crippen molar-refractivity contribution in [3.8, 4) is 0 Å². The fraction of sp³-hybridized carbons (Fsp3) is 1.00. The Morgan fingerprint density at radius 1 is 1.25 bits per heavy atom. The van der Waals surface area contributed by atoms with E-state index in [0.717, 1.165) is 24.9 Å². The molecule has 2 heterocycles. The molecule has 0 saturated carbocycles. The van der Waals surface area contributed by atoms with Gasteiger partial charge in [0.25, 0.3) is 0 Å². The predicted molar refractivity (Wildman–Crippen MR) is 55.2 cm³/mol. The molecule has 2 fully saturated rings. The standard InChI is InChI=1S/C8H14IN2.Re/c9-6-11-4-7-1-8(5-11)3-10-2-7;/h7-8H,1-6H2;/q-1;. The van der Waals surface area contributed by atoms with Crippen molar-refractivity contribution in [1.82, 2.24) is 4.90 Å². The van der Waals surface area contributed by atoms with Gasteiger partial charge < -0.3 is 5.32 Å². The molecule has 2 aliphatic heterocycles. The molecule has 12 heavy (non-hydrogen) atoms. The number of alkyl halides is 1. The molecular formula is C8H14IN2Re-. The summed E-state index contributed by atoms with van der Waals surface area (Å²) in [6.45, 7) is 4.85. The van der Waals surface area contributed by atoms with Gasteiger partial charge in [-0.1, -0.05) is 22.6 Å². The summed E-state index contributed by atoms with van der Waals surface area (Å²) in [4.78, 5) is 2.56. The zero-order valence-corrected chi connectivity index (χ0v) is 11.9. The van der Waals surface area contributed by atoms with E-state index in [0.29, 0.717) is 0 Å². The van der Waals surface area contributed by atoms with Gasteiger partial charge in [0.15, 0.2) is 0 Å². The third-order valence-electron chi connectivity index (χ3n) is 2.64. The van der Waals surface area contributed by atoms with Crippen molar-refractivity contribution in [3.05, 3.63) is 5.32 Å². The first-order valence-corrected chi connectivity index (χ1v) is 5.82. The van der Waals surface area contributed by atoms with Crippen molar-refractivity contribution in [2.24, 2.45) is 11.8 Å². The predicted octanol–water partition coefficient (Wildman–Crippen LogP) is 1.70. The summed E-state index contributed by atoms with van der Waals surface area (Å²) in [5.74, 6) is 1.77. The summed E-state index contributed by atoms with van der Waals surface area (Å²) in [6, 6.07) is 0. The average molecular weight is 451 g/mol. The van der Waals surface area contributed by atoms with E-state index in [2.05, 4.69) is 32.8 Å². The van der Waals surface area contributed by atoms with Crippen LogP contribution in [-0.2, 0) is 20.4 Å². The molecule has 0 aromatic rings. The topological polar surface area (TPSA) is 17.3 Å². The molecule has 0 amide bonds. The Hall–Kier alpha value is 1.31. The van der Waals surface area contributed by atoms with E-state index in [9.17, 15) is 0 Å². The third kappa shape index (κ3) is 2.65. The molecule has 0 spiro atoms. The first-order valence-electron chi connectivity index (χ1n) is 4.30. The van der Waals surface area contributed by atoms with Gasteiger partial charge in [-0.05, 0) is 18.3 Å². The summed E-state index contributed by atoms with van der Waals surface area (Å²) in [7, 11) is 0. The summed E-state index contributed by atoms with van der Waals surface area (Å²) >= 11 is 2.46. The van der Waals surface area contributed by atoms with Gasteiger partial charge in [0.05, 0.1) is 4.55 Å². The molecule has 4 heteroatoms. The van der Waals surface area contributed by atoms with E-state index in [1.165, 1.54) is 24.1 Å². The zero-order chi connectivity index (χ0) is 7.68. The summed E-state index contributed by atoms with van der Waals surface area (Å²) in [5, 5.41) is 4.50. The Morgan fingerprint density at radius 3 is 2.33 bits per heavy atom. The van der Waals surface area contributed by atoms with Crippen LogP contribution in [0.4, 0.5) is 0 Å². The molecule has 2 rings (SSSR count). The average Bonchev–Trinajstić information content (AvgIpc) is 2.03. The minimum absolute atomic E-state index is 0. The maximum atomic E-state index is 4.50. The molecule has 2 atom stereocenters. The Balaban J connectivity index is 0.000000720. The van der Waals surface area contributed by atoms with E-state index in [4.69, 9.17) is 0 Å². The molecule has 2 aliphatic rings. The number of fused-ring (bicyclic) bond motifs is 2. The minimum Gasteiger partial charge on any atom is -0.662 e. The van der Waals surface area contributed by atoms with E-state index in [1.54, 1.807) is 0 Å². The quantitative estimate of drug-likeness (QED) is 0.337. The monoisotopic (exact) mass is 452 g/mol. The molecular weight excluding hydrogens is 437 g/mol. The first kappa shape index (κ1) is 11.4. The maximum Gasteiger partial charge on any atom is 0.0505 e. The normalized spacial score (nSPS) is 35.8. The molecule has 0 N–H and O–H groups in total. The van der Waals surface area contributed by atoms with Crippen molar-refractivity contribution >= 4 is 22.6 Å². The summed E-state index contributed by atoms with van der Waals surface area (Å²) in [6.07, 6.45) is 1.44. The fourth-order valence-corrected chi connectivity index (χ4v) is 2.78. The van der Waals surface area contributed by atoms with Gasteiger partial charge in [-0.15, -0.1) is 13.1 Å². The van der Waals surface area contributed by atoms with Crippen LogP contribution in [0.25, 0.3) is 5.32 Å². The van der Waals surface area contributed by atoms with Crippen LogP contribution in [0.5, 0.6) is 0 Å². The Kier molecular flexibility index (Phi) is 4.99. The van der Waals surface area contributed by atoms with Crippen LogP contribution >= 0.6 is 22.6 Å². The van der Waals surface area contributed by atoms with E-state index >= 15 is 0 Å². The van der Waals surface area contributed by atoms with Gasteiger partial charge >= 0.3 is 0 Å². The van der Waals surface area contributed by atoms with Gasteiger partial charge in [-0.3, -0.25) is 4.90 Å². The van der Waals surface area contributed by atoms with Crippen LogP contribution < -0.4 is 0 Å². The van der Waals surface area contributed by atoms with Gasteiger partial charge in [0.1, 0.15) is 0 Å². The molecule has 71 valence electrons. The van der Waals surface area contributed by atoms with Crippen LogP contribution in [0.1, 0.15) is 6.42 Å². The summed E-state index contributed by atoms with van der Waals surface area (Å²) < 4.78 is 1.20. The van der Waals surface area contributed by atoms with Crippen molar-refractivity contribution < 1.29 is 20.4 Å². The van der Waals surface area contributed by atoms with Crippen LogP contribution in [0.2, 0.25) is 0 Å². The number of hydrogen-bond acceptors (Lipinski definition) is 1. The zero-order valence-electron chi connectivity index (χ0n) is 7.05.